The number of carbonyl (C=O) groups is 2. The van der Waals surface area contributed by atoms with Crippen molar-refractivity contribution in [3.05, 3.63) is 65.0 Å². The van der Waals surface area contributed by atoms with Gasteiger partial charge >= 0.3 is 18.1 Å². The van der Waals surface area contributed by atoms with Crippen LogP contribution in [0, 0.1) is 29.1 Å². The van der Waals surface area contributed by atoms with Crippen LogP contribution in [0.3, 0.4) is 0 Å². The van der Waals surface area contributed by atoms with Crippen molar-refractivity contribution < 1.29 is 40.7 Å². The van der Waals surface area contributed by atoms with Gasteiger partial charge in [0, 0.05) is 12.7 Å². The molecule has 0 radical (unpaired) electrons. The predicted octanol–water partition coefficient (Wildman–Crippen LogP) is 5.73. The Kier molecular flexibility index (Phi) is 7.93. The fourth-order valence-corrected chi connectivity index (χ4v) is 6.17. The summed E-state index contributed by atoms with van der Waals surface area (Å²) in [5.41, 5.74) is 0.638. The summed E-state index contributed by atoms with van der Waals surface area (Å²) in [6, 6.07) is 6.33. The summed E-state index contributed by atoms with van der Waals surface area (Å²) in [4.78, 5) is 31.3. The quantitative estimate of drug-likeness (QED) is 0.261. The Morgan fingerprint density at radius 3 is 2.36 bits per heavy atom. The van der Waals surface area contributed by atoms with E-state index in [1.54, 1.807) is 18.2 Å². The maximum atomic E-state index is 15.4. The molecule has 2 heterocycles. The molecule has 3 aliphatic rings. The molecule has 3 unspecified atom stereocenters. The summed E-state index contributed by atoms with van der Waals surface area (Å²) in [7, 11) is 1.37. The molecule has 1 saturated heterocycles. The third kappa shape index (κ3) is 6.18. The first kappa shape index (κ1) is 30.8. The number of methoxy groups -OCH3 is 1. The molecule has 3 amide bonds. The SMILES string of the molecule is COCC(c1ccc2oc(C(NC(=O)C(F)(F)c3ccc(C#N)cc3)C(C3CC3)C3CC3)nc2c1)N1CC(C(F)(F)F)NC1=O. The fraction of sp³-hybridized carbons (Fsp3) is 0.484. The third-order valence-electron chi connectivity index (χ3n) is 8.78. The number of carbonyl (C=O) groups excluding carboxylic acids is 2. The number of nitrogens with one attached hydrogen (secondary N) is 2. The number of urea groups is 1. The van der Waals surface area contributed by atoms with E-state index in [0.29, 0.717) is 11.1 Å². The van der Waals surface area contributed by atoms with E-state index in [1.165, 1.54) is 19.2 Å². The molecule has 238 valence electrons. The first-order chi connectivity index (χ1) is 21.4. The molecule has 3 fully saturated rings. The normalized spacial score (nSPS) is 20.3. The molecular formula is C31H30F5N5O4. The van der Waals surface area contributed by atoms with Crippen LogP contribution in [0.25, 0.3) is 11.1 Å². The van der Waals surface area contributed by atoms with Gasteiger partial charge in [-0.05, 0) is 73.3 Å². The Bertz CT molecular complexity index is 1620. The Hall–Kier alpha value is -4.25. The van der Waals surface area contributed by atoms with Gasteiger partial charge in [-0.25, -0.2) is 9.78 Å². The van der Waals surface area contributed by atoms with Gasteiger partial charge in [-0.3, -0.25) is 4.79 Å². The number of rotatable bonds is 11. The standard InChI is InChI=1S/C31H30F5N5O4/c1-44-15-22(41-14-24(31(34,35)36)39-29(41)43)19-8-11-23-21(12-19)38-27(45-23)26(25(17-4-5-17)18-6-7-18)40-28(42)30(32,33)20-9-2-16(13-37)3-10-20/h2-3,8-12,17-18,22,24-26H,4-7,14-15H2,1H3,(H,39,43)(H,40,42). The molecule has 2 aliphatic carbocycles. The lowest BCUT2D eigenvalue weighted by atomic mass is 9.88. The average molecular weight is 632 g/mol. The number of halogens is 5. The van der Waals surface area contributed by atoms with E-state index in [-0.39, 0.29) is 41.4 Å². The number of fused-ring (bicyclic) bond motifs is 1. The molecule has 3 aromatic rings. The Labute approximate surface area is 254 Å². The Morgan fingerprint density at radius 2 is 1.80 bits per heavy atom. The third-order valence-corrected chi connectivity index (χ3v) is 8.78. The number of nitriles is 1. The van der Waals surface area contributed by atoms with E-state index in [1.807, 2.05) is 11.4 Å². The highest BCUT2D eigenvalue weighted by atomic mass is 19.4. The van der Waals surface area contributed by atoms with Gasteiger partial charge in [-0.2, -0.15) is 27.2 Å². The topological polar surface area (TPSA) is 120 Å². The monoisotopic (exact) mass is 631 g/mol. The summed E-state index contributed by atoms with van der Waals surface area (Å²) in [5.74, 6) is -5.13. The summed E-state index contributed by atoms with van der Waals surface area (Å²) in [5, 5.41) is 13.5. The number of hydrogen-bond donors (Lipinski definition) is 2. The highest BCUT2D eigenvalue weighted by Gasteiger charge is 2.51. The minimum absolute atomic E-state index is 0.0503. The molecule has 2 N–H and O–H groups in total. The lowest BCUT2D eigenvalue weighted by molar-refractivity contribution is -0.150. The smallest absolute Gasteiger partial charge is 0.410 e. The van der Waals surface area contributed by atoms with Gasteiger partial charge in [0.2, 0.25) is 5.89 Å². The number of oxazole rings is 1. The van der Waals surface area contributed by atoms with Gasteiger partial charge in [0.15, 0.2) is 5.58 Å². The lowest BCUT2D eigenvalue weighted by Gasteiger charge is -2.27. The van der Waals surface area contributed by atoms with Crippen LogP contribution in [0.4, 0.5) is 26.7 Å². The number of alkyl halides is 5. The lowest BCUT2D eigenvalue weighted by Crippen LogP contribution is -2.43. The maximum absolute atomic E-state index is 15.4. The zero-order valence-corrected chi connectivity index (χ0v) is 24.1. The van der Waals surface area contributed by atoms with Crippen molar-refractivity contribution in [2.45, 2.75) is 55.9 Å². The Balaban J connectivity index is 1.31. The van der Waals surface area contributed by atoms with Gasteiger partial charge in [0.1, 0.15) is 17.6 Å². The first-order valence-electron chi connectivity index (χ1n) is 14.6. The van der Waals surface area contributed by atoms with E-state index in [9.17, 15) is 22.8 Å². The van der Waals surface area contributed by atoms with Gasteiger partial charge < -0.3 is 24.7 Å². The number of hydrogen-bond acceptors (Lipinski definition) is 6. The van der Waals surface area contributed by atoms with Crippen LogP contribution in [0.1, 0.15) is 60.3 Å². The van der Waals surface area contributed by atoms with Crippen LogP contribution in [-0.4, -0.2) is 54.3 Å². The summed E-state index contributed by atoms with van der Waals surface area (Å²) >= 11 is 0. The van der Waals surface area contributed by atoms with E-state index >= 15 is 8.78 Å². The molecule has 2 aromatic carbocycles. The predicted molar refractivity (Wildman–Crippen MR) is 149 cm³/mol. The summed E-state index contributed by atoms with van der Waals surface area (Å²) < 4.78 is 82.1. The van der Waals surface area contributed by atoms with E-state index in [0.717, 1.165) is 42.7 Å². The van der Waals surface area contributed by atoms with Crippen molar-refractivity contribution >= 4 is 23.0 Å². The molecule has 3 atom stereocenters. The molecule has 14 heteroatoms. The van der Waals surface area contributed by atoms with Crippen LogP contribution < -0.4 is 10.6 Å². The molecule has 2 saturated carbocycles. The molecule has 0 spiro atoms. The average Bonchev–Trinajstić information content (AvgIpc) is 3.94. The van der Waals surface area contributed by atoms with Crippen molar-refractivity contribution in [3.63, 3.8) is 0 Å². The highest BCUT2D eigenvalue weighted by Crippen LogP contribution is 2.54. The van der Waals surface area contributed by atoms with Crippen LogP contribution in [-0.2, 0) is 15.5 Å². The molecule has 1 aromatic heterocycles. The fourth-order valence-electron chi connectivity index (χ4n) is 6.17. The van der Waals surface area contributed by atoms with E-state index in [2.05, 4.69) is 10.3 Å². The van der Waals surface area contributed by atoms with Crippen molar-refractivity contribution in [2.75, 3.05) is 20.3 Å². The van der Waals surface area contributed by atoms with Crippen LogP contribution in [0.2, 0.25) is 0 Å². The van der Waals surface area contributed by atoms with E-state index < -0.39 is 54.3 Å². The minimum atomic E-state index is -4.62. The number of ether oxygens (including phenoxy) is 1. The van der Waals surface area contributed by atoms with Crippen molar-refractivity contribution in [3.8, 4) is 6.07 Å². The Morgan fingerprint density at radius 1 is 1.13 bits per heavy atom. The molecule has 6 rings (SSSR count). The van der Waals surface area contributed by atoms with Gasteiger partial charge in [-0.15, -0.1) is 0 Å². The largest absolute Gasteiger partial charge is 0.438 e. The van der Waals surface area contributed by atoms with Crippen molar-refractivity contribution in [2.24, 2.45) is 17.8 Å². The van der Waals surface area contributed by atoms with Gasteiger partial charge in [0.25, 0.3) is 5.91 Å². The summed E-state index contributed by atoms with van der Waals surface area (Å²) in [6.07, 6.45) is -1.07. The second-order valence-corrected chi connectivity index (χ2v) is 11.9. The zero-order chi connectivity index (χ0) is 32.1. The van der Waals surface area contributed by atoms with E-state index in [4.69, 9.17) is 14.4 Å². The number of amides is 3. The van der Waals surface area contributed by atoms with Crippen LogP contribution >= 0.6 is 0 Å². The van der Waals surface area contributed by atoms with Crippen LogP contribution in [0.5, 0.6) is 0 Å². The van der Waals surface area contributed by atoms with Crippen molar-refractivity contribution in [1.29, 1.82) is 5.26 Å². The number of aromatic nitrogens is 1. The molecular weight excluding hydrogens is 601 g/mol. The molecule has 0 bridgehead atoms. The second kappa shape index (κ2) is 11.6. The summed E-state index contributed by atoms with van der Waals surface area (Å²) in [6.45, 7) is -0.701. The van der Waals surface area contributed by atoms with Crippen molar-refractivity contribution in [1.82, 2.24) is 20.5 Å². The first-order valence-corrected chi connectivity index (χ1v) is 14.6. The number of nitrogens with zero attached hydrogens (tertiary/aromatic N) is 3. The van der Waals surface area contributed by atoms with Crippen LogP contribution in [0.15, 0.2) is 46.9 Å². The van der Waals surface area contributed by atoms with Gasteiger partial charge in [-0.1, -0.05) is 18.2 Å². The second-order valence-electron chi connectivity index (χ2n) is 11.9. The number of benzene rings is 2. The highest BCUT2D eigenvalue weighted by molar-refractivity contribution is 5.85. The molecule has 9 nitrogen and oxygen atoms in total. The zero-order valence-electron chi connectivity index (χ0n) is 24.1. The van der Waals surface area contributed by atoms with Gasteiger partial charge in [0.05, 0.1) is 30.8 Å². The molecule has 45 heavy (non-hydrogen) atoms. The minimum Gasteiger partial charge on any atom is -0.438 e. The maximum Gasteiger partial charge on any atom is 0.410 e. The molecule has 1 aliphatic heterocycles.